The molecule has 1 N–H and O–H groups in total. The highest BCUT2D eigenvalue weighted by atomic mass is 32.2. The Bertz CT molecular complexity index is 122. The fraction of sp³-hybridized carbons (Fsp3) is 0.889. The number of thioether (sulfide) groups is 1. The summed E-state index contributed by atoms with van der Waals surface area (Å²) in [7, 11) is 0. The minimum atomic E-state index is -0.688. The lowest BCUT2D eigenvalue weighted by atomic mass is 10.1. The molecule has 0 fully saturated rings. The van der Waals surface area contributed by atoms with E-state index in [1.54, 1.807) is 11.8 Å². The molecule has 0 aromatic rings. The molecule has 0 aliphatic heterocycles. The molecule has 0 rings (SSSR count). The minimum absolute atomic E-state index is 0.296. The van der Waals surface area contributed by atoms with Crippen molar-refractivity contribution < 1.29 is 9.90 Å². The highest BCUT2D eigenvalue weighted by Gasteiger charge is 2.03. The van der Waals surface area contributed by atoms with Crippen LogP contribution in [-0.4, -0.2) is 22.6 Å². The normalized spacial score (nSPS) is 10.6. The summed E-state index contributed by atoms with van der Waals surface area (Å²) in [6.07, 6.45) is 2.71. The standard InChI is InChI=1S/C9H18O2S/c1-3-8(4-2)7-12-6-5-9(10)11/h8H,3-7H2,1-2H3,(H,10,11). The van der Waals surface area contributed by atoms with E-state index in [1.165, 1.54) is 12.8 Å². The summed E-state index contributed by atoms with van der Waals surface area (Å²) in [5.74, 6) is 1.95. The average Bonchev–Trinajstić information content (AvgIpc) is 2.04. The molecule has 0 heterocycles. The molecular weight excluding hydrogens is 172 g/mol. The first-order chi connectivity index (χ1) is 5.70. The zero-order valence-corrected chi connectivity index (χ0v) is 8.69. The first-order valence-corrected chi connectivity index (χ1v) is 5.65. The number of hydrogen-bond donors (Lipinski definition) is 1. The quantitative estimate of drug-likeness (QED) is 0.627. The molecule has 0 saturated carbocycles. The summed E-state index contributed by atoms with van der Waals surface area (Å²) < 4.78 is 0. The molecule has 0 saturated heterocycles. The van der Waals surface area contributed by atoms with Crippen molar-refractivity contribution in [3.8, 4) is 0 Å². The van der Waals surface area contributed by atoms with Crippen molar-refractivity contribution in [1.29, 1.82) is 0 Å². The molecule has 0 radical (unpaired) electrons. The van der Waals surface area contributed by atoms with Crippen LogP contribution in [0.25, 0.3) is 0 Å². The van der Waals surface area contributed by atoms with Crippen LogP contribution in [0.15, 0.2) is 0 Å². The molecule has 0 atom stereocenters. The molecule has 72 valence electrons. The number of carbonyl (C=O) groups is 1. The Hall–Kier alpha value is -0.180. The molecule has 2 nitrogen and oxygen atoms in total. The van der Waals surface area contributed by atoms with Gasteiger partial charge in [0.2, 0.25) is 0 Å². The Kier molecular flexibility index (Phi) is 7.36. The van der Waals surface area contributed by atoms with Crippen molar-refractivity contribution in [3.63, 3.8) is 0 Å². The number of rotatable bonds is 7. The van der Waals surface area contributed by atoms with E-state index in [4.69, 9.17) is 5.11 Å². The largest absolute Gasteiger partial charge is 0.481 e. The van der Waals surface area contributed by atoms with Gasteiger partial charge in [0.25, 0.3) is 0 Å². The summed E-state index contributed by atoms with van der Waals surface area (Å²) in [6.45, 7) is 4.37. The van der Waals surface area contributed by atoms with E-state index in [-0.39, 0.29) is 0 Å². The van der Waals surface area contributed by atoms with Crippen LogP contribution < -0.4 is 0 Å². The zero-order valence-electron chi connectivity index (χ0n) is 7.88. The molecule has 0 unspecified atom stereocenters. The minimum Gasteiger partial charge on any atom is -0.481 e. The van der Waals surface area contributed by atoms with Crippen molar-refractivity contribution >= 4 is 17.7 Å². The molecule has 12 heavy (non-hydrogen) atoms. The van der Waals surface area contributed by atoms with Crippen LogP contribution in [0, 0.1) is 5.92 Å². The van der Waals surface area contributed by atoms with Gasteiger partial charge in [0.15, 0.2) is 0 Å². The summed E-state index contributed by atoms with van der Waals surface area (Å²) in [6, 6.07) is 0. The van der Waals surface area contributed by atoms with Crippen LogP contribution in [0.3, 0.4) is 0 Å². The lowest BCUT2D eigenvalue weighted by Gasteiger charge is -2.10. The van der Waals surface area contributed by atoms with Gasteiger partial charge in [0, 0.05) is 5.75 Å². The van der Waals surface area contributed by atoms with Gasteiger partial charge in [0.1, 0.15) is 0 Å². The Labute approximate surface area is 78.7 Å². The molecule has 0 aromatic heterocycles. The fourth-order valence-corrected chi connectivity index (χ4v) is 2.22. The molecule has 0 aliphatic rings. The highest BCUT2D eigenvalue weighted by Crippen LogP contribution is 2.15. The van der Waals surface area contributed by atoms with Crippen molar-refractivity contribution in [2.24, 2.45) is 5.92 Å². The van der Waals surface area contributed by atoms with Crippen LogP contribution in [-0.2, 0) is 4.79 Å². The fourth-order valence-electron chi connectivity index (χ4n) is 0.934. The van der Waals surface area contributed by atoms with E-state index in [2.05, 4.69) is 13.8 Å². The summed E-state index contributed by atoms with van der Waals surface area (Å²) in [5.41, 5.74) is 0. The third-order valence-electron chi connectivity index (χ3n) is 1.97. The van der Waals surface area contributed by atoms with Crippen LogP contribution in [0.1, 0.15) is 33.1 Å². The van der Waals surface area contributed by atoms with Gasteiger partial charge in [-0.1, -0.05) is 26.7 Å². The predicted octanol–water partition coefficient (Wildman–Crippen LogP) is 2.63. The maximum absolute atomic E-state index is 10.2. The summed E-state index contributed by atoms with van der Waals surface area (Å²) in [5, 5.41) is 8.38. The third-order valence-corrected chi connectivity index (χ3v) is 3.17. The van der Waals surface area contributed by atoms with Crippen molar-refractivity contribution in [3.05, 3.63) is 0 Å². The molecule has 0 bridgehead atoms. The lowest BCUT2D eigenvalue weighted by Crippen LogP contribution is -2.02. The number of aliphatic carboxylic acids is 1. The second-order valence-corrected chi connectivity index (χ2v) is 4.05. The molecule has 0 spiro atoms. The molecular formula is C9H18O2S. The second kappa shape index (κ2) is 7.47. The summed E-state index contributed by atoms with van der Waals surface area (Å²) >= 11 is 1.76. The van der Waals surface area contributed by atoms with Gasteiger partial charge in [-0.15, -0.1) is 0 Å². The van der Waals surface area contributed by atoms with Crippen LogP contribution in [0.4, 0.5) is 0 Å². The number of hydrogen-bond acceptors (Lipinski definition) is 2. The van der Waals surface area contributed by atoms with Crippen LogP contribution in [0.5, 0.6) is 0 Å². The van der Waals surface area contributed by atoms with E-state index < -0.39 is 5.97 Å². The Morgan fingerprint density at radius 3 is 2.42 bits per heavy atom. The van der Waals surface area contributed by atoms with Gasteiger partial charge in [-0.2, -0.15) is 11.8 Å². The molecule has 3 heteroatoms. The van der Waals surface area contributed by atoms with Gasteiger partial charge >= 0.3 is 5.97 Å². The smallest absolute Gasteiger partial charge is 0.304 e. The molecule has 0 amide bonds. The van der Waals surface area contributed by atoms with E-state index in [0.717, 1.165) is 17.4 Å². The van der Waals surface area contributed by atoms with E-state index in [1.807, 2.05) is 0 Å². The van der Waals surface area contributed by atoms with E-state index in [9.17, 15) is 4.79 Å². The number of carboxylic acid groups (broad SMARTS) is 1. The Morgan fingerprint density at radius 1 is 1.42 bits per heavy atom. The maximum atomic E-state index is 10.2. The highest BCUT2D eigenvalue weighted by molar-refractivity contribution is 7.99. The van der Waals surface area contributed by atoms with Crippen molar-refractivity contribution in [2.45, 2.75) is 33.1 Å². The van der Waals surface area contributed by atoms with Gasteiger partial charge in [-0.3, -0.25) is 4.79 Å². The SMILES string of the molecule is CCC(CC)CSCCC(=O)O. The number of carboxylic acids is 1. The maximum Gasteiger partial charge on any atom is 0.304 e. The Morgan fingerprint density at radius 2 is 2.00 bits per heavy atom. The third kappa shape index (κ3) is 6.53. The first kappa shape index (κ1) is 11.8. The monoisotopic (exact) mass is 190 g/mol. The van der Waals surface area contributed by atoms with Crippen LogP contribution in [0.2, 0.25) is 0 Å². The second-order valence-electron chi connectivity index (χ2n) is 2.90. The first-order valence-electron chi connectivity index (χ1n) is 4.50. The van der Waals surface area contributed by atoms with Crippen molar-refractivity contribution in [1.82, 2.24) is 0 Å². The summed E-state index contributed by atoms with van der Waals surface area (Å²) in [4.78, 5) is 10.2. The van der Waals surface area contributed by atoms with Gasteiger partial charge < -0.3 is 5.11 Å². The Balaban J connectivity index is 3.23. The average molecular weight is 190 g/mol. The van der Waals surface area contributed by atoms with Gasteiger partial charge in [0.05, 0.1) is 6.42 Å². The van der Waals surface area contributed by atoms with Crippen molar-refractivity contribution in [2.75, 3.05) is 11.5 Å². The van der Waals surface area contributed by atoms with Gasteiger partial charge in [-0.25, -0.2) is 0 Å². The molecule has 0 aromatic carbocycles. The molecule has 0 aliphatic carbocycles. The van der Waals surface area contributed by atoms with E-state index >= 15 is 0 Å². The topological polar surface area (TPSA) is 37.3 Å². The predicted molar refractivity (Wildman–Crippen MR) is 53.6 cm³/mol. The van der Waals surface area contributed by atoms with Gasteiger partial charge in [-0.05, 0) is 11.7 Å². The lowest BCUT2D eigenvalue weighted by molar-refractivity contribution is -0.136. The van der Waals surface area contributed by atoms with E-state index in [0.29, 0.717) is 6.42 Å². The zero-order chi connectivity index (χ0) is 9.40. The van der Waals surface area contributed by atoms with Crippen LogP contribution >= 0.6 is 11.8 Å².